The van der Waals surface area contributed by atoms with Crippen LogP contribution >= 0.6 is 0 Å². The van der Waals surface area contributed by atoms with Gasteiger partial charge in [-0.1, -0.05) is 0 Å². The molecule has 2 saturated heterocycles. The summed E-state index contributed by atoms with van der Waals surface area (Å²) in [7, 11) is 0. The third-order valence-electron chi connectivity index (χ3n) is 6.62. The summed E-state index contributed by atoms with van der Waals surface area (Å²) < 4.78 is 7.43. The van der Waals surface area contributed by atoms with Crippen LogP contribution in [0.3, 0.4) is 0 Å². The van der Waals surface area contributed by atoms with E-state index < -0.39 is 5.60 Å². The Kier molecular flexibility index (Phi) is 5.43. The first-order valence-corrected chi connectivity index (χ1v) is 12.4. The monoisotopic (exact) mass is 499 g/mol. The largest absolute Gasteiger partial charge is 0.444 e. The number of amides is 1. The van der Waals surface area contributed by atoms with E-state index >= 15 is 0 Å². The summed E-state index contributed by atoms with van der Waals surface area (Å²) >= 11 is 0. The first-order chi connectivity index (χ1) is 17.7. The summed E-state index contributed by atoms with van der Waals surface area (Å²) in [6.45, 7) is 8.99. The molecule has 37 heavy (non-hydrogen) atoms. The predicted octanol–water partition coefficient (Wildman–Crippen LogP) is 3.86. The molecule has 11 heteroatoms. The summed E-state index contributed by atoms with van der Waals surface area (Å²) in [6.07, 6.45) is 7.37. The lowest BCUT2D eigenvalue weighted by Gasteiger charge is -2.35. The van der Waals surface area contributed by atoms with Gasteiger partial charge in [-0.3, -0.25) is 4.98 Å². The van der Waals surface area contributed by atoms with Gasteiger partial charge in [0, 0.05) is 43.4 Å². The number of rotatable bonds is 4. The van der Waals surface area contributed by atoms with Crippen molar-refractivity contribution in [1.29, 1.82) is 0 Å². The van der Waals surface area contributed by atoms with Crippen molar-refractivity contribution >= 4 is 34.6 Å². The molecule has 2 aliphatic heterocycles. The number of piperazine rings is 1. The Morgan fingerprint density at radius 2 is 1.95 bits per heavy atom. The number of carbonyl (C=O) groups excluding carboxylic acids is 1. The summed E-state index contributed by atoms with van der Waals surface area (Å²) in [5, 5.41) is 8.98. The molecule has 11 nitrogen and oxygen atoms in total. The molecule has 6 heterocycles. The van der Waals surface area contributed by atoms with Crippen LogP contribution in [-0.2, 0) is 4.74 Å². The molecule has 0 saturated carbocycles. The van der Waals surface area contributed by atoms with Crippen LogP contribution in [0.1, 0.15) is 32.9 Å². The van der Waals surface area contributed by atoms with Crippen molar-refractivity contribution in [3.05, 3.63) is 54.7 Å². The van der Waals surface area contributed by atoms with Crippen molar-refractivity contribution in [3.8, 4) is 5.69 Å². The second-order valence-corrected chi connectivity index (χ2v) is 10.5. The number of carbonyl (C=O) groups is 1. The van der Waals surface area contributed by atoms with Crippen LogP contribution in [-0.4, -0.2) is 71.5 Å². The second-order valence-electron chi connectivity index (χ2n) is 10.5. The van der Waals surface area contributed by atoms with E-state index in [1.807, 2.05) is 61.5 Å². The van der Waals surface area contributed by atoms with Gasteiger partial charge in [0.15, 0.2) is 11.5 Å². The van der Waals surface area contributed by atoms with Crippen molar-refractivity contribution in [1.82, 2.24) is 34.6 Å². The van der Waals surface area contributed by atoms with Crippen LogP contribution in [0, 0.1) is 6.92 Å². The Balaban J connectivity index is 1.28. The lowest BCUT2D eigenvalue weighted by Crippen LogP contribution is -2.50. The summed E-state index contributed by atoms with van der Waals surface area (Å²) in [5.74, 6) is 2.11. The Labute approximate surface area is 214 Å². The average molecular weight is 500 g/mol. The van der Waals surface area contributed by atoms with E-state index in [-0.39, 0.29) is 18.2 Å². The third-order valence-corrected chi connectivity index (χ3v) is 6.62. The molecule has 4 aromatic heterocycles. The van der Waals surface area contributed by atoms with E-state index in [2.05, 4.69) is 25.2 Å². The van der Waals surface area contributed by atoms with Crippen LogP contribution in [0.25, 0.3) is 16.7 Å². The molecule has 2 bridgehead atoms. The lowest BCUT2D eigenvalue weighted by atomic mass is 10.2. The molecule has 1 N–H and O–H groups in total. The highest BCUT2D eigenvalue weighted by Crippen LogP contribution is 2.35. The minimum Gasteiger partial charge on any atom is -0.444 e. The van der Waals surface area contributed by atoms with Crippen LogP contribution in [0.4, 0.5) is 22.2 Å². The molecule has 0 radical (unpaired) electrons. The van der Waals surface area contributed by atoms with Crippen molar-refractivity contribution in [3.63, 3.8) is 0 Å². The molecule has 190 valence electrons. The number of aryl methyl sites for hydroxylation is 1. The molecule has 2 aliphatic rings. The fourth-order valence-electron chi connectivity index (χ4n) is 5.04. The Bertz CT molecular complexity index is 1460. The highest BCUT2D eigenvalue weighted by molar-refractivity contribution is 5.90. The topological polar surface area (TPSA) is 114 Å². The third kappa shape index (κ3) is 4.41. The summed E-state index contributed by atoms with van der Waals surface area (Å²) in [4.78, 5) is 34.7. The molecule has 2 atom stereocenters. The van der Waals surface area contributed by atoms with Gasteiger partial charge in [-0.2, -0.15) is 0 Å². The maximum atomic E-state index is 12.7. The molecule has 1 amide bonds. The number of likely N-dealkylation sites (tertiary alicyclic amines) is 1. The van der Waals surface area contributed by atoms with E-state index in [0.29, 0.717) is 18.2 Å². The minimum atomic E-state index is -0.506. The van der Waals surface area contributed by atoms with Gasteiger partial charge in [0.1, 0.15) is 17.2 Å². The zero-order valence-electron chi connectivity index (χ0n) is 21.3. The molecule has 0 unspecified atom stereocenters. The van der Waals surface area contributed by atoms with Crippen molar-refractivity contribution < 1.29 is 9.53 Å². The smallest absolute Gasteiger partial charge is 0.410 e. The first kappa shape index (κ1) is 23.1. The van der Waals surface area contributed by atoms with Gasteiger partial charge < -0.3 is 19.9 Å². The highest BCUT2D eigenvalue weighted by atomic mass is 16.6. The fraction of sp³-hybridized carbons (Fsp3) is 0.385. The molecular weight excluding hydrogens is 470 g/mol. The van der Waals surface area contributed by atoms with Crippen molar-refractivity contribution in [2.75, 3.05) is 23.3 Å². The SMILES string of the molecule is Cc1ccc2c(Nc3cnccn3)nn(-c3ccnc(N4C[C@@H]5C[C@H]4CN5C(=O)OC(C)(C)C)c3)c2n1. The minimum absolute atomic E-state index is 0.114. The normalized spacial score (nSPS) is 19.0. The number of hydrogen-bond donors (Lipinski definition) is 1. The van der Waals surface area contributed by atoms with E-state index in [1.165, 1.54) is 0 Å². The standard InChI is InChI=1S/C26H29N9O2/c1-16-5-6-20-23(31-21-13-27-9-10-28-21)32-35(24(20)30-16)17-7-8-29-22(12-17)33-14-19-11-18(33)15-34(19)25(36)37-26(2,3)4/h5-10,12-13,18-19H,11,14-15H2,1-4H3,(H,28,31,32)/t18-,19-/m0/s1. The zero-order chi connectivity index (χ0) is 25.7. The molecule has 2 fully saturated rings. The summed E-state index contributed by atoms with van der Waals surface area (Å²) in [6, 6.07) is 8.24. The van der Waals surface area contributed by atoms with E-state index in [1.54, 1.807) is 24.8 Å². The Hall–Kier alpha value is -4.28. The molecule has 4 aromatic rings. The number of hydrogen-bond acceptors (Lipinski definition) is 9. The fourth-order valence-corrected chi connectivity index (χ4v) is 5.04. The second kappa shape index (κ2) is 8.68. The number of pyridine rings is 2. The maximum Gasteiger partial charge on any atom is 0.410 e. The number of fused-ring (bicyclic) bond motifs is 3. The Morgan fingerprint density at radius 1 is 1.08 bits per heavy atom. The Morgan fingerprint density at radius 3 is 2.68 bits per heavy atom. The molecule has 0 spiro atoms. The molecule has 0 aromatic carbocycles. The zero-order valence-corrected chi connectivity index (χ0v) is 21.3. The van der Waals surface area contributed by atoms with Gasteiger partial charge in [-0.25, -0.2) is 24.4 Å². The van der Waals surface area contributed by atoms with E-state index in [0.717, 1.165) is 41.2 Å². The molecular formula is C26H29N9O2. The summed E-state index contributed by atoms with van der Waals surface area (Å²) in [5.41, 5.74) is 1.98. The van der Waals surface area contributed by atoms with Gasteiger partial charge in [0.05, 0.1) is 29.4 Å². The quantitative estimate of drug-likeness (QED) is 0.447. The number of nitrogens with zero attached hydrogens (tertiary/aromatic N) is 8. The highest BCUT2D eigenvalue weighted by Gasteiger charge is 2.47. The van der Waals surface area contributed by atoms with Crippen molar-refractivity contribution in [2.45, 2.75) is 51.8 Å². The van der Waals surface area contributed by atoms with Gasteiger partial charge >= 0.3 is 6.09 Å². The number of ether oxygens (including phenoxy) is 1. The number of nitrogens with one attached hydrogen (secondary N) is 1. The average Bonchev–Trinajstić information content (AvgIpc) is 3.57. The van der Waals surface area contributed by atoms with E-state index in [9.17, 15) is 4.79 Å². The van der Waals surface area contributed by atoms with Crippen molar-refractivity contribution in [2.24, 2.45) is 0 Å². The van der Waals surface area contributed by atoms with Gasteiger partial charge in [0.25, 0.3) is 0 Å². The van der Waals surface area contributed by atoms with Crippen LogP contribution in [0.2, 0.25) is 0 Å². The predicted molar refractivity (Wildman–Crippen MR) is 139 cm³/mol. The van der Waals surface area contributed by atoms with E-state index in [4.69, 9.17) is 14.8 Å². The van der Waals surface area contributed by atoms with Gasteiger partial charge in [-0.05, 0) is 52.3 Å². The molecule has 6 rings (SSSR count). The van der Waals surface area contributed by atoms with Crippen LogP contribution < -0.4 is 10.2 Å². The molecule has 0 aliphatic carbocycles. The number of anilines is 3. The van der Waals surface area contributed by atoms with Crippen LogP contribution in [0.5, 0.6) is 0 Å². The van der Waals surface area contributed by atoms with Gasteiger partial charge in [-0.15, -0.1) is 5.10 Å². The van der Waals surface area contributed by atoms with Gasteiger partial charge in [0.2, 0.25) is 0 Å². The maximum absolute atomic E-state index is 12.7. The first-order valence-electron chi connectivity index (χ1n) is 12.4. The lowest BCUT2D eigenvalue weighted by molar-refractivity contribution is 0.0214. The van der Waals surface area contributed by atoms with Crippen LogP contribution in [0.15, 0.2) is 49.1 Å². The number of aromatic nitrogens is 6.